The van der Waals surface area contributed by atoms with E-state index in [1.165, 1.54) is 38.3 Å². The highest BCUT2D eigenvalue weighted by Gasteiger charge is 2.76. The van der Waals surface area contributed by atoms with Crippen molar-refractivity contribution in [2.75, 3.05) is 13.7 Å². The number of benzene rings is 1. The molecule has 0 radical (unpaired) electrons. The molecule has 1 rings (SSSR count). The van der Waals surface area contributed by atoms with Crippen molar-refractivity contribution in [3.8, 4) is 5.75 Å². The van der Waals surface area contributed by atoms with Crippen molar-refractivity contribution in [3.63, 3.8) is 0 Å². The molecule has 1 aromatic carbocycles. The second kappa shape index (κ2) is 7.81. The van der Waals surface area contributed by atoms with Crippen LogP contribution in [0.5, 0.6) is 5.75 Å². The van der Waals surface area contributed by atoms with Crippen molar-refractivity contribution in [3.05, 3.63) is 29.8 Å². The van der Waals surface area contributed by atoms with E-state index in [4.69, 9.17) is 4.74 Å². The molecular weight excluding hydrogens is 358 g/mol. The molecule has 3 N–H and O–H groups in total. The number of hydrogen-bond donors (Lipinski definition) is 2. The van der Waals surface area contributed by atoms with Crippen molar-refractivity contribution >= 4 is 6.09 Å². The quantitative estimate of drug-likeness (QED) is 0.593. The lowest BCUT2D eigenvalue weighted by atomic mass is 10.1. The number of ether oxygens (including phenoxy) is 2. The molecule has 0 fully saturated rings. The van der Waals surface area contributed by atoms with Crippen LogP contribution in [-0.4, -0.2) is 37.8 Å². The summed E-state index contributed by atoms with van der Waals surface area (Å²) >= 11 is 0. The lowest BCUT2D eigenvalue weighted by Crippen LogP contribution is -3.07. The van der Waals surface area contributed by atoms with Gasteiger partial charge in [-0.1, -0.05) is 12.1 Å². The Kier molecular flexibility index (Phi) is 6.52. The highest BCUT2D eigenvalue weighted by Crippen LogP contribution is 2.38. The van der Waals surface area contributed by atoms with Gasteiger partial charge in [-0.15, -0.1) is 0 Å². The van der Waals surface area contributed by atoms with Crippen LogP contribution in [0.1, 0.15) is 12.5 Å². The minimum atomic E-state index is -5.83. The third-order valence-corrected chi connectivity index (χ3v) is 3.29. The monoisotopic (exact) mass is 375 g/mol. The molecule has 142 valence electrons. The molecule has 0 aliphatic carbocycles. The molecular formula is C14H17F6N2O3+. The fraction of sp³-hybridized carbons (Fsp3) is 0.500. The standard InChI is InChI=1S/C14H16F6N2O3/c1-3-25-11(23)22-12(13(15,16)17,14(18,19)20)21-8-9-6-4-5-7-10(9)24-2/h4-7,21H,3,8H2,1-2H3,(H,22,23)/p+1. The molecule has 0 bridgehead atoms. The van der Waals surface area contributed by atoms with Gasteiger partial charge in [0.1, 0.15) is 12.3 Å². The summed E-state index contributed by atoms with van der Waals surface area (Å²) in [5, 5.41) is 0.858. The Bertz CT molecular complexity index is 575. The first-order valence-corrected chi connectivity index (χ1v) is 7.03. The summed E-state index contributed by atoms with van der Waals surface area (Å²) in [6.07, 6.45) is -13.5. The first-order chi connectivity index (χ1) is 11.5. The molecule has 0 saturated heterocycles. The number of nitrogens with one attached hydrogen (secondary N) is 1. The maximum absolute atomic E-state index is 13.3. The number of hydrogen-bond acceptors (Lipinski definition) is 3. The van der Waals surface area contributed by atoms with Crippen LogP contribution in [0.15, 0.2) is 24.3 Å². The van der Waals surface area contributed by atoms with Gasteiger partial charge >= 0.3 is 24.1 Å². The number of quaternary nitrogens is 1. The topological polar surface area (TPSA) is 64.2 Å². The molecule has 0 spiro atoms. The maximum atomic E-state index is 13.3. The molecule has 0 aromatic heterocycles. The largest absolute Gasteiger partial charge is 0.496 e. The van der Waals surface area contributed by atoms with Gasteiger partial charge < -0.3 is 14.8 Å². The lowest BCUT2D eigenvalue weighted by Gasteiger charge is -2.34. The molecule has 1 aromatic rings. The number of amides is 1. The molecule has 0 aliphatic heterocycles. The average Bonchev–Trinajstić information content (AvgIpc) is 2.49. The first-order valence-electron chi connectivity index (χ1n) is 7.03. The SMILES string of the molecule is CCOC(=O)NC([NH2+]Cc1ccccc1OC)(C(F)(F)F)C(F)(F)F. The van der Waals surface area contributed by atoms with E-state index in [1.807, 2.05) is 0 Å². The molecule has 0 saturated carbocycles. The third kappa shape index (κ3) is 4.68. The summed E-state index contributed by atoms with van der Waals surface area (Å²) in [7, 11) is 1.23. The van der Waals surface area contributed by atoms with E-state index in [0.29, 0.717) is 0 Å². The minimum absolute atomic E-state index is 0.0538. The normalized spacial score (nSPS) is 12.6. The zero-order valence-electron chi connectivity index (χ0n) is 13.3. The number of rotatable bonds is 6. The highest BCUT2D eigenvalue weighted by atomic mass is 19.4. The Morgan fingerprint density at radius 1 is 1.12 bits per heavy atom. The van der Waals surface area contributed by atoms with Crippen LogP contribution in [0.2, 0.25) is 0 Å². The van der Waals surface area contributed by atoms with Crippen molar-refractivity contribution in [2.24, 2.45) is 0 Å². The van der Waals surface area contributed by atoms with Crippen molar-refractivity contribution in [2.45, 2.75) is 31.5 Å². The predicted octanol–water partition coefficient (Wildman–Crippen LogP) is 2.33. The van der Waals surface area contributed by atoms with Crippen LogP contribution < -0.4 is 15.4 Å². The van der Waals surface area contributed by atoms with Gasteiger partial charge in [0.15, 0.2) is 0 Å². The number of alkyl carbamates (subject to hydrolysis) is 1. The molecule has 5 nitrogen and oxygen atoms in total. The van der Waals surface area contributed by atoms with Gasteiger partial charge in [0.25, 0.3) is 0 Å². The van der Waals surface area contributed by atoms with E-state index in [0.717, 1.165) is 5.32 Å². The van der Waals surface area contributed by atoms with Crippen molar-refractivity contribution < 1.29 is 45.9 Å². The summed E-state index contributed by atoms with van der Waals surface area (Å²) in [6.45, 7) is 0.112. The minimum Gasteiger partial charge on any atom is -0.496 e. The Morgan fingerprint density at radius 2 is 1.68 bits per heavy atom. The molecule has 25 heavy (non-hydrogen) atoms. The van der Waals surface area contributed by atoms with E-state index >= 15 is 0 Å². The lowest BCUT2D eigenvalue weighted by molar-refractivity contribution is -0.796. The number of alkyl halides is 6. The number of carbonyl (C=O) groups excluding carboxylic acids is 1. The molecule has 0 heterocycles. The van der Waals surface area contributed by atoms with Crippen LogP contribution in [-0.2, 0) is 11.3 Å². The second-order valence-corrected chi connectivity index (χ2v) is 4.87. The van der Waals surface area contributed by atoms with Crippen molar-refractivity contribution in [1.29, 1.82) is 0 Å². The van der Waals surface area contributed by atoms with Gasteiger partial charge in [-0.2, -0.15) is 26.3 Å². The Balaban J connectivity index is 3.23. The average molecular weight is 375 g/mol. The van der Waals surface area contributed by atoms with Crippen LogP contribution in [0.3, 0.4) is 0 Å². The van der Waals surface area contributed by atoms with Crippen LogP contribution in [0, 0.1) is 0 Å². The fourth-order valence-electron chi connectivity index (χ4n) is 2.05. The van der Waals surface area contributed by atoms with Gasteiger partial charge in [-0.3, -0.25) is 5.32 Å². The highest BCUT2D eigenvalue weighted by molar-refractivity contribution is 5.68. The summed E-state index contributed by atoms with van der Waals surface area (Å²) in [5.74, 6) is 0.119. The predicted molar refractivity (Wildman–Crippen MR) is 73.6 cm³/mol. The van der Waals surface area contributed by atoms with E-state index in [1.54, 1.807) is 0 Å². The number of methoxy groups -OCH3 is 1. The molecule has 1 amide bonds. The van der Waals surface area contributed by atoms with E-state index in [-0.39, 0.29) is 23.2 Å². The maximum Gasteiger partial charge on any atom is 0.476 e. The fourth-order valence-corrected chi connectivity index (χ4v) is 2.05. The third-order valence-electron chi connectivity index (χ3n) is 3.29. The molecule has 0 unspecified atom stereocenters. The van der Waals surface area contributed by atoms with Crippen molar-refractivity contribution in [1.82, 2.24) is 5.32 Å². The molecule has 0 aliphatic rings. The second-order valence-electron chi connectivity index (χ2n) is 4.87. The first kappa shape index (κ1) is 20.9. The Morgan fingerprint density at radius 3 is 2.16 bits per heavy atom. The smallest absolute Gasteiger partial charge is 0.476 e. The summed E-state index contributed by atoms with van der Waals surface area (Å²) in [6, 6.07) is 5.66. The van der Waals surface area contributed by atoms with E-state index < -0.39 is 30.7 Å². The molecule has 11 heteroatoms. The summed E-state index contributed by atoms with van der Waals surface area (Å²) in [5.41, 5.74) is -4.47. The number of halogens is 6. The number of nitrogens with two attached hydrogens (primary N) is 1. The van der Waals surface area contributed by atoms with Crippen LogP contribution in [0.4, 0.5) is 31.1 Å². The number of para-hydroxylation sites is 1. The summed E-state index contributed by atoms with van der Waals surface area (Å²) < 4.78 is 88.9. The summed E-state index contributed by atoms with van der Waals surface area (Å²) in [4.78, 5) is 11.3. The van der Waals surface area contributed by atoms with Crippen LogP contribution >= 0.6 is 0 Å². The Labute approximate surface area is 139 Å². The van der Waals surface area contributed by atoms with Gasteiger partial charge in [0.2, 0.25) is 0 Å². The molecule has 0 atom stereocenters. The van der Waals surface area contributed by atoms with Gasteiger partial charge in [0, 0.05) is 5.56 Å². The zero-order valence-corrected chi connectivity index (χ0v) is 13.3. The van der Waals surface area contributed by atoms with Crippen LogP contribution in [0.25, 0.3) is 0 Å². The van der Waals surface area contributed by atoms with Gasteiger partial charge in [-0.05, 0) is 19.1 Å². The van der Waals surface area contributed by atoms with Gasteiger partial charge in [0.05, 0.1) is 13.7 Å². The van der Waals surface area contributed by atoms with Gasteiger partial charge in [-0.25, -0.2) is 4.79 Å². The number of carbonyl (C=O) groups is 1. The van der Waals surface area contributed by atoms with E-state index in [9.17, 15) is 31.1 Å². The zero-order chi connectivity index (χ0) is 19.3. The van der Waals surface area contributed by atoms with E-state index in [2.05, 4.69) is 4.74 Å². The Hall–Kier alpha value is -2.17.